The van der Waals surface area contributed by atoms with Crippen molar-refractivity contribution in [2.45, 2.75) is 110 Å². The zero-order chi connectivity index (χ0) is 19.3. The SMILES string of the molecule is CC(C)OP(=O)(OC(C)C)C(F)(F)CCCCCCCCCCCBr. The van der Waals surface area contributed by atoms with Crippen LogP contribution in [0.1, 0.15) is 91.9 Å². The highest BCUT2D eigenvalue weighted by Gasteiger charge is 2.53. The Kier molecular flexibility index (Phi) is 13.9. The molecule has 0 aliphatic heterocycles. The molecule has 0 bridgehead atoms. The Morgan fingerprint density at radius 3 is 1.52 bits per heavy atom. The molecular formula is C18H36BrF2O3P. The molecular weight excluding hydrogens is 413 g/mol. The normalized spacial score (nSPS) is 13.2. The van der Waals surface area contributed by atoms with Crippen molar-refractivity contribution in [2.75, 3.05) is 5.33 Å². The Hall–Kier alpha value is 0.490. The summed E-state index contributed by atoms with van der Waals surface area (Å²) in [7, 11) is -4.45. The molecule has 0 amide bonds. The van der Waals surface area contributed by atoms with Gasteiger partial charge in [-0.1, -0.05) is 60.9 Å². The molecule has 0 spiro atoms. The lowest BCUT2D eigenvalue weighted by molar-refractivity contribution is 0.0122. The Morgan fingerprint density at radius 2 is 1.16 bits per heavy atom. The fourth-order valence-corrected chi connectivity index (χ4v) is 4.84. The standard InChI is InChI=1S/C18H36BrF2O3P/c1-16(2)23-25(22,24-17(3)4)18(20,21)14-12-10-8-6-5-7-9-11-13-15-19/h16-17H,5-15H2,1-4H3. The minimum absolute atomic E-state index is 0.337. The average Bonchev–Trinajstić information content (AvgIpc) is 2.47. The smallest absolute Gasteiger partial charge is 0.302 e. The molecule has 0 fully saturated rings. The molecule has 0 saturated carbocycles. The number of unbranched alkanes of at least 4 members (excludes halogenated alkanes) is 8. The van der Waals surface area contributed by atoms with Gasteiger partial charge in [0.2, 0.25) is 0 Å². The summed E-state index contributed by atoms with van der Waals surface area (Å²) >= 11 is 3.42. The molecule has 25 heavy (non-hydrogen) atoms. The van der Waals surface area contributed by atoms with E-state index in [1.807, 2.05) is 0 Å². The third-order valence-electron chi connectivity index (χ3n) is 3.71. The van der Waals surface area contributed by atoms with Gasteiger partial charge >= 0.3 is 13.3 Å². The molecule has 7 heteroatoms. The zero-order valence-electron chi connectivity index (χ0n) is 16.2. The van der Waals surface area contributed by atoms with Crippen LogP contribution in [0.5, 0.6) is 0 Å². The van der Waals surface area contributed by atoms with Crippen molar-refractivity contribution in [1.29, 1.82) is 0 Å². The molecule has 0 aromatic carbocycles. The lowest BCUT2D eigenvalue weighted by Crippen LogP contribution is -2.24. The lowest BCUT2D eigenvalue weighted by Gasteiger charge is -2.29. The van der Waals surface area contributed by atoms with Crippen LogP contribution < -0.4 is 0 Å². The monoisotopic (exact) mass is 448 g/mol. The van der Waals surface area contributed by atoms with Gasteiger partial charge in [0, 0.05) is 11.8 Å². The maximum atomic E-state index is 14.4. The molecule has 0 aliphatic carbocycles. The molecule has 0 aromatic heterocycles. The molecule has 0 aliphatic rings. The van der Waals surface area contributed by atoms with Crippen molar-refractivity contribution in [3.63, 3.8) is 0 Å². The predicted molar refractivity (Wildman–Crippen MR) is 105 cm³/mol. The van der Waals surface area contributed by atoms with Gasteiger partial charge in [-0.25, -0.2) is 0 Å². The summed E-state index contributed by atoms with van der Waals surface area (Å²) in [5.41, 5.74) is -3.43. The van der Waals surface area contributed by atoms with E-state index in [4.69, 9.17) is 9.05 Å². The van der Waals surface area contributed by atoms with Crippen molar-refractivity contribution in [2.24, 2.45) is 0 Å². The van der Waals surface area contributed by atoms with Crippen molar-refractivity contribution in [1.82, 2.24) is 0 Å². The second-order valence-electron chi connectivity index (χ2n) is 7.09. The van der Waals surface area contributed by atoms with E-state index in [-0.39, 0.29) is 0 Å². The third-order valence-corrected chi connectivity index (χ3v) is 6.70. The molecule has 0 rings (SSSR count). The van der Waals surface area contributed by atoms with Gasteiger partial charge in [-0.2, -0.15) is 8.78 Å². The number of rotatable bonds is 16. The number of alkyl halides is 3. The van der Waals surface area contributed by atoms with Crippen LogP contribution in [0.2, 0.25) is 0 Å². The largest absolute Gasteiger partial charge is 0.400 e. The highest BCUT2D eigenvalue weighted by molar-refractivity contribution is 9.09. The molecule has 0 aromatic rings. The van der Waals surface area contributed by atoms with E-state index in [0.717, 1.165) is 31.0 Å². The molecule has 3 nitrogen and oxygen atoms in total. The Bertz CT molecular complexity index is 365. The van der Waals surface area contributed by atoms with Crippen molar-refractivity contribution < 1.29 is 22.4 Å². The van der Waals surface area contributed by atoms with E-state index in [1.54, 1.807) is 27.7 Å². The molecule has 0 heterocycles. The summed E-state index contributed by atoms with van der Waals surface area (Å²) in [4.78, 5) is 0. The molecule has 0 N–H and O–H groups in total. The van der Waals surface area contributed by atoms with Crippen molar-refractivity contribution in [3.05, 3.63) is 0 Å². The summed E-state index contributed by atoms with van der Waals surface area (Å²) in [6, 6.07) is 0. The lowest BCUT2D eigenvalue weighted by atomic mass is 10.1. The Morgan fingerprint density at radius 1 is 0.800 bits per heavy atom. The molecule has 0 radical (unpaired) electrons. The third kappa shape index (κ3) is 11.7. The molecule has 0 atom stereocenters. The van der Waals surface area contributed by atoms with E-state index in [0.29, 0.717) is 6.42 Å². The fourth-order valence-electron chi connectivity index (χ4n) is 2.54. The van der Waals surface area contributed by atoms with E-state index >= 15 is 0 Å². The van der Waals surface area contributed by atoms with Crippen LogP contribution in [0.4, 0.5) is 8.78 Å². The summed E-state index contributed by atoms with van der Waals surface area (Å²) in [6.45, 7) is 6.35. The van der Waals surface area contributed by atoms with Gasteiger partial charge in [0.05, 0.1) is 12.2 Å². The molecule has 0 saturated heterocycles. The fraction of sp³-hybridized carbons (Fsp3) is 1.00. The maximum absolute atomic E-state index is 14.4. The van der Waals surface area contributed by atoms with Gasteiger partial charge in [-0.05, 0) is 40.5 Å². The van der Waals surface area contributed by atoms with Gasteiger partial charge in [-0.15, -0.1) is 0 Å². The van der Waals surface area contributed by atoms with Gasteiger partial charge in [0.25, 0.3) is 0 Å². The van der Waals surface area contributed by atoms with Crippen LogP contribution in [-0.4, -0.2) is 23.2 Å². The second-order valence-corrected chi connectivity index (χ2v) is 9.96. The van der Waals surface area contributed by atoms with Crippen LogP contribution in [0.3, 0.4) is 0 Å². The second kappa shape index (κ2) is 13.6. The first-order chi connectivity index (χ1) is 11.6. The number of hydrogen-bond acceptors (Lipinski definition) is 3. The Balaban J connectivity index is 4.13. The van der Waals surface area contributed by atoms with Crippen molar-refractivity contribution >= 4 is 23.5 Å². The summed E-state index contributed by atoms with van der Waals surface area (Å²) in [5, 5.41) is 1.06. The van der Waals surface area contributed by atoms with Gasteiger partial charge in [-0.3, -0.25) is 4.57 Å². The topological polar surface area (TPSA) is 35.5 Å². The highest BCUT2D eigenvalue weighted by atomic mass is 79.9. The van der Waals surface area contributed by atoms with E-state index in [2.05, 4.69) is 15.9 Å². The highest BCUT2D eigenvalue weighted by Crippen LogP contribution is 2.65. The average molecular weight is 449 g/mol. The maximum Gasteiger partial charge on any atom is 0.400 e. The van der Waals surface area contributed by atoms with Crippen molar-refractivity contribution in [3.8, 4) is 0 Å². The summed E-state index contributed by atoms with van der Waals surface area (Å²) in [5.74, 6) is 0. The summed E-state index contributed by atoms with van der Waals surface area (Å²) in [6.07, 6.45) is 7.56. The first-order valence-electron chi connectivity index (χ1n) is 9.55. The summed E-state index contributed by atoms with van der Waals surface area (Å²) < 4.78 is 51.5. The van der Waals surface area contributed by atoms with Crippen LogP contribution in [-0.2, 0) is 13.6 Å². The van der Waals surface area contributed by atoms with Gasteiger partial charge in [0.1, 0.15) is 0 Å². The van der Waals surface area contributed by atoms with Gasteiger partial charge in [0.15, 0.2) is 0 Å². The van der Waals surface area contributed by atoms with Crippen LogP contribution in [0.15, 0.2) is 0 Å². The van der Waals surface area contributed by atoms with E-state index in [9.17, 15) is 13.3 Å². The quantitative estimate of drug-likeness (QED) is 0.136. The van der Waals surface area contributed by atoms with Crippen LogP contribution in [0.25, 0.3) is 0 Å². The Labute approximate surface area is 161 Å². The van der Waals surface area contributed by atoms with Crippen LogP contribution in [0, 0.1) is 0 Å². The number of halogens is 3. The number of hydrogen-bond donors (Lipinski definition) is 0. The zero-order valence-corrected chi connectivity index (χ0v) is 18.7. The first kappa shape index (κ1) is 25.5. The predicted octanol–water partition coefficient (Wildman–Crippen LogP) is 7.92. The first-order valence-corrected chi connectivity index (χ1v) is 12.2. The van der Waals surface area contributed by atoms with Gasteiger partial charge < -0.3 is 9.05 Å². The minimum Gasteiger partial charge on any atom is -0.302 e. The van der Waals surface area contributed by atoms with Crippen LogP contribution >= 0.6 is 23.5 Å². The van der Waals surface area contributed by atoms with E-state index in [1.165, 1.54) is 25.7 Å². The molecule has 152 valence electrons. The minimum atomic E-state index is -4.45. The van der Waals surface area contributed by atoms with E-state index < -0.39 is 31.9 Å². The molecule has 0 unspecified atom stereocenters.